The van der Waals surface area contributed by atoms with Gasteiger partial charge in [-0.25, -0.2) is 8.42 Å². The Kier molecular flexibility index (Phi) is 6.36. The van der Waals surface area contributed by atoms with Crippen molar-refractivity contribution in [2.45, 2.75) is 19.6 Å². The second-order valence-corrected chi connectivity index (χ2v) is 8.59. The molecule has 0 saturated carbocycles. The van der Waals surface area contributed by atoms with E-state index < -0.39 is 9.84 Å². The van der Waals surface area contributed by atoms with Crippen LogP contribution >= 0.6 is 0 Å². The number of benzene rings is 2. The van der Waals surface area contributed by atoms with Crippen LogP contribution in [0.1, 0.15) is 17.5 Å². The minimum absolute atomic E-state index is 0.00168. The third-order valence-corrected chi connectivity index (χ3v) is 5.87. The third kappa shape index (κ3) is 5.60. The van der Waals surface area contributed by atoms with E-state index in [-0.39, 0.29) is 24.0 Å². The first-order valence-corrected chi connectivity index (χ1v) is 10.7. The Balaban J connectivity index is 1.53. The minimum atomic E-state index is -3.14. The number of hydrogen-bond acceptors (Lipinski definition) is 5. The van der Waals surface area contributed by atoms with Crippen LogP contribution in [0.15, 0.2) is 60.0 Å². The van der Waals surface area contributed by atoms with E-state index in [4.69, 9.17) is 9.47 Å². The lowest BCUT2D eigenvalue weighted by Gasteiger charge is -2.13. The summed E-state index contributed by atoms with van der Waals surface area (Å²) in [5.41, 5.74) is 1.93. The quantitative estimate of drug-likeness (QED) is 0.736. The molecule has 148 valence electrons. The fraction of sp³-hybridized carbons (Fsp3) is 0.286. The fourth-order valence-corrected chi connectivity index (χ4v) is 4.35. The normalized spacial score (nSPS) is 17.2. The van der Waals surface area contributed by atoms with E-state index in [1.54, 1.807) is 13.2 Å². The van der Waals surface area contributed by atoms with Crippen molar-refractivity contribution in [3.8, 4) is 11.5 Å². The molecule has 0 bridgehead atoms. The van der Waals surface area contributed by atoms with Gasteiger partial charge < -0.3 is 14.8 Å². The molecule has 1 atom stereocenters. The fourth-order valence-electron chi connectivity index (χ4n) is 2.95. The molecule has 0 saturated heterocycles. The van der Waals surface area contributed by atoms with Crippen LogP contribution in [0.4, 0.5) is 0 Å². The van der Waals surface area contributed by atoms with Gasteiger partial charge in [0.1, 0.15) is 6.61 Å². The van der Waals surface area contributed by atoms with Crippen molar-refractivity contribution in [1.82, 2.24) is 5.32 Å². The highest BCUT2D eigenvalue weighted by atomic mass is 32.2. The van der Waals surface area contributed by atoms with Crippen LogP contribution in [0, 0.1) is 5.92 Å². The first-order chi connectivity index (χ1) is 13.4. The van der Waals surface area contributed by atoms with E-state index >= 15 is 0 Å². The summed E-state index contributed by atoms with van der Waals surface area (Å²) >= 11 is 0. The monoisotopic (exact) mass is 401 g/mol. The van der Waals surface area contributed by atoms with Gasteiger partial charge in [0.2, 0.25) is 5.91 Å². The van der Waals surface area contributed by atoms with Crippen molar-refractivity contribution < 1.29 is 22.7 Å². The van der Waals surface area contributed by atoms with Crippen molar-refractivity contribution in [1.29, 1.82) is 0 Å². The summed E-state index contributed by atoms with van der Waals surface area (Å²) in [7, 11) is -1.57. The maximum atomic E-state index is 12.1. The zero-order chi connectivity index (χ0) is 20.0. The van der Waals surface area contributed by atoms with E-state index in [9.17, 15) is 13.2 Å². The lowest BCUT2D eigenvalue weighted by Crippen LogP contribution is -2.25. The molecule has 1 amide bonds. The molecule has 7 heteroatoms. The number of amides is 1. The molecule has 2 aromatic carbocycles. The van der Waals surface area contributed by atoms with E-state index in [2.05, 4.69) is 5.32 Å². The van der Waals surface area contributed by atoms with Crippen LogP contribution in [0.3, 0.4) is 0 Å². The molecule has 0 radical (unpaired) electrons. The third-order valence-electron chi connectivity index (χ3n) is 4.41. The summed E-state index contributed by atoms with van der Waals surface area (Å²) in [6.45, 7) is 0.766. The molecule has 1 unspecified atom stereocenters. The predicted molar refractivity (Wildman–Crippen MR) is 107 cm³/mol. The molecule has 1 aliphatic rings. The molecular weight excluding hydrogens is 378 g/mol. The lowest BCUT2D eigenvalue weighted by molar-refractivity contribution is -0.121. The molecule has 0 spiro atoms. The van der Waals surface area contributed by atoms with Gasteiger partial charge in [-0.05, 0) is 23.3 Å². The predicted octanol–water partition coefficient (Wildman–Crippen LogP) is 2.84. The van der Waals surface area contributed by atoms with Crippen molar-refractivity contribution in [2.24, 2.45) is 5.92 Å². The Morgan fingerprint density at radius 2 is 1.89 bits per heavy atom. The Morgan fingerprint density at radius 1 is 1.11 bits per heavy atom. The van der Waals surface area contributed by atoms with Crippen molar-refractivity contribution >= 4 is 15.7 Å². The van der Waals surface area contributed by atoms with Gasteiger partial charge in [-0.15, -0.1) is 0 Å². The molecule has 6 nitrogen and oxygen atoms in total. The molecule has 0 aromatic heterocycles. The number of nitrogens with one attached hydrogen (secondary N) is 1. The maximum Gasteiger partial charge on any atom is 0.220 e. The summed E-state index contributed by atoms with van der Waals surface area (Å²) in [5, 5.41) is 4.00. The molecule has 1 N–H and O–H groups in total. The van der Waals surface area contributed by atoms with Gasteiger partial charge in [-0.3, -0.25) is 4.79 Å². The van der Waals surface area contributed by atoms with Crippen LogP contribution in [0.25, 0.3) is 0 Å². The second kappa shape index (κ2) is 8.93. The van der Waals surface area contributed by atoms with Gasteiger partial charge in [0, 0.05) is 24.3 Å². The summed E-state index contributed by atoms with van der Waals surface area (Å²) < 4.78 is 34.0. The highest BCUT2D eigenvalue weighted by Crippen LogP contribution is 2.29. The van der Waals surface area contributed by atoms with Gasteiger partial charge in [0.15, 0.2) is 21.3 Å². The zero-order valence-electron chi connectivity index (χ0n) is 15.6. The van der Waals surface area contributed by atoms with Gasteiger partial charge in [-0.1, -0.05) is 42.5 Å². The van der Waals surface area contributed by atoms with Gasteiger partial charge in [0.05, 0.1) is 12.9 Å². The van der Waals surface area contributed by atoms with Gasteiger partial charge in [0.25, 0.3) is 0 Å². The van der Waals surface area contributed by atoms with E-state index in [0.29, 0.717) is 24.7 Å². The van der Waals surface area contributed by atoms with Gasteiger partial charge in [-0.2, -0.15) is 0 Å². The Morgan fingerprint density at radius 3 is 2.57 bits per heavy atom. The first kappa shape index (κ1) is 19.9. The number of hydrogen-bond donors (Lipinski definition) is 1. The number of sulfone groups is 1. The number of ether oxygens (including phenoxy) is 2. The SMILES string of the molecule is COc1cc(CNC(=O)CC2C=CS(=O)(=O)C2)ccc1OCc1ccccc1. The molecule has 0 aliphatic carbocycles. The van der Waals surface area contributed by atoms with Crippen LogP contribution in [0.5, 0.6) is 11.5 Å². The number of methoxy groups -OCH3 is 1. The lowest BCUT2D eigenvalue weighted by atomic mass is 10.1. The minimum Gasteiger partial charge on any atom is -0.493 e. The van der Waals surface area contributed by atoms with Crippen LogP contribution < -0.4 is 14.8 Å². The largest absolute Gasteiger partial charge is 0.493 e. The number of allylic oxidation sites excluding steroid dienone is 1. The average Bonchev–Trinajstić information content (AvgIpc) is 3.04. The maximum absolute atomic E-state index is 12.1. The highest BCUT2D eigenvalue weighted by molar-refractivity contribution is 7.94. The van der Waals surface area contributed by atoms with Crippen molar-refractivity contribution in [3.63, 3.8) is 0 Å². The molecular formula is C21H23NO5S. The Labute approximate surface area is 165 Å². The molecule has 3 rings (SSSR count). The molecule has 1 heterocycles. The number of carbonyl (C=O) groups excluding carboxylic acids is 1. The summed E-state index contributed by atoms with van der Waals surface area (Å²) in [5.74, 6) is 0.778. The Bertz CT molecular complexity index is 954. The first-order valence-electron chi connectivity index (χ1n) is 8.96. The molecule has 28 heavy (non-hydrogen) atoms. The van der Waals surface area contributed by atoms with E-state index in [1.807, 2.05) is 48.5 Å². The van der Waals surface area contributed by atoms with Crippen molar-refractivity contribution in [2.75, 3.05) is 12.9 Å². The summed E-state index contributed by atoms with van der Waals surface area (Å²) in [6, 6.07) is 15.3. The number of rotatable bonds is 8. The van der Waals surface area contributed by atoms with E-state index in [0.717, 1.165) is 11.1 Å². The van der Waals surface area contributed by atoms with E-state index in [1.165, 1.54) is 5.41 Å². The topological polar surface area (TPSA) is 81.7 Å². The number of carbonyl (C=O) groups is 1. The molecule has 1 aliphatic heterocycles. The van der Waals surface area contributed by atoms with Crippen LogP contribution in [-0.2, 0) is 27.8 Å². The van der Waals surface area contributed by atoms with Crippen LogP contribution in [-0.4, -0.2) is 27.2 Å². The standard InChI is InChI=1S/C21H23NO5S/c1-26-20-11-17(7-8-19(20)27-14-16-5-3-2-4-6-16)13-22-21(23)12-18-9-10-28(24,25)15-18/h2-11,18H,12-15H2,1H3,(H,22,23). The Hall–Kier alpha value is -2.80. The van der Waals surface area contributed by atoms with Crippen LogP contribution in [0.2, 0.25) is 0 Å². The molecule has 2 aromatic rings. The average molecular weight is 401 g/mol. The van der Waals surface area contributed by atoms with Gasteiger partial charge >= 0.3 is 0 Å². The molecule has 0 fully saturated rings. The summed E-state index contributed by atoms with van der Waals surface area (Å²) in [4.78, 5) is 12.1. The second-order valence-electron chi connectivity index (χ2n) is 6.66. The summed E-state index contributed by atoms with van der Waals surface area (Å²) in [6.07, 6.45) is 1.74. The highest BCUT2D eigenvalue weighted by Gasteiger charge is 2.23. The van der Waals surface area contributed by atoms with Crippen molar-refractivity contribution in [3.05, 3.63) is 71.1 Å². The zero-order valence-corrected chi connectivity index (χ0v) is 16.4. The smallest absolute Gasteiger partial charge is 0.220 e.